The summed E-state index contributed by atoms with van der Waals surface area (Å²) in [6, 6.07) is 4.36. The van der Waals surface area contributed by atoms with Gasteiger partial charge in [-0.2, -0.15) is 0 Å². The van der Waals surface area contributed by atoms with E-state index in [1.54, 1.807) is 0 Å². The SMILES string of the molecule is Cc1ccc(C(C)NCCC2CCOC2)o1. The topological polar surface area (TPSA) is 34.4 Å². The van der Waals surface area contributed by atoms with Crippen molar-refractivity contribution in [3.05, 3.63) is 23.7 Å². The van der Waals surface area contributed by atoms with E-state index in [1.165, 1.54) is 12.8 Å². The summed E-state index contributed by atoms with van der Waals surface area (Å²) in [7, 11) is 0. The molecule has 1 N–H and O–H groups in total. The van der Waals surface area contributed by atoms with Crippen molar-refractivity contribution in [1.82, 2.24) is 5.32 Å². The Kier molecular flexibility index (Phi) is 4.02. The summed E-state index contributed by atoms with van der Waals surface area (Å²) < 4.78 is 10.9. The van der Waals surface area contributed by atoms with Crippen molar-refractivity contribution in [2.45, 2.75) is 32.7 Å². The second kappa shape index (κ2) is 5.51. The lowest BCUT2D eigenvalue weighted by atomic mass is 10.1. The third kappa shape index (κ3) is 3.09. The van der Waals surface area contributed by atoms with Crippen LogP contribution in [0.15, 0.2) is 16.5 Å². The Morgan fingerprint density at radius 2 is 2.38 bits per heavy atom. The maximum atomic E-state index is 5.58. The van der Waals surface area contributed by atoms with E-state index in [-0.39, 0.29) is 0 Å². The molecule has 2 rings (SSSR count). The summed E-state index contributed by atoms with van der Waals surface area (Å²) in [4.78, 5) is 0. The van der Waals surface area contributed by atoms with Gasteiger partial charge < -0.3 is 14.5 Å². The van der Waals surface area contributed by atoms with Crippen molar-refractivity contribution >= 4 is 0 Å². The third-order valence-electron chi connectivity index (χ3n) is 3.22. The van der Waals surface area contributed by atoms with E-state index in [9.17, 15) is 0 Å². The minimum Gasteiger partial charge on any atom is -0.465 e. The minimum atomic E-state index is 0.302. The predicted molar refractivity (Wildman–Crippen MR) is 63.4 cm³/mol. The van der Waals surface area contributed by atoms with Gasteiger partial charge in [-0.15, -0.1) is 0 Å². The van der Waals surface area contributed by atoms with Gasteiger partial charge in [0.05, 0.1) is 6.04 Å². The molecule has 2 atom stereocenters. The summed E-state index contributed by atoms with van der Waals surface area (Å²) in [5, 5.41) is 3.49. The second-order valence-corrected chi connectivity index (χ2v) is 4.64. The number of ether oxygens (including phenoxy) is 1. The zero-order chi connectivity index (χ0) is 11.4. The predicted octanol–water partition coefficient (Wildman–Crippen LogP) is 2.67. The maximum Gasteiger partial charge on any atom is 0.120 e. The van der Waals surface area contributed by atoms with Crippen molar-refractivity contribution in [2.75, 3.05) is 19.8 Å². The van der Waals surface area contributed by atoms with Crippen LogP contribution in [0.4, 0.5) is 0 Å². The molecule has 1 aromatic heterocycles. The van der Waals surface area contributed by atoms with E-state index in [4.69, 9.17) is 9.15 Å². The number of hydrogen-bond acceptors (Lipinski definition) is 3. The van der Waals surface area contributed by atoms with Crippen LogP contribution in [0.3, 0.4) is 0 Å². The first-order chi connectivity index (χ1) is 7.75. The van der Waals surface area contributed by atoms with Crippen LogP contribution in [-0.4, -0.2) is 19.8 Å². The van der Waals surface area contributed by atoms with E-state index in [0.717, 1.165) is 37.2 Å². The molecule has 16 heavy (non-hydrogen) atoms. The fourth-order valence-corrected chi connectivity index (χ4v) is 2.10. The van der Waals surface area contributed by atoms with Crippen LogP contribution in [0.25, 0.3) is 0 Å². The molecule has 1 aromatic rings. The first kappa shape index (κ1) is 11.7. The number of rotatable bonds is 5. The highest BCUT2D eigenvalue weighted by atomic mass is 16.5. The van der Waals surface area contributed by atoms with Gasteiger partial charge in [0.25, 0.3) is 0 Å². The van der Waals surface area contributed by atoms with Crippen LogP contribution in [0.2, 0.25) is 0 Å². The highest BCUT2D eigenvalue weighted by Gasteiger charge is 2.16. The molecule has 90 valence electrons. The van der Waals surface area contributed by atoms with Crippen molar-refractivity contribution in [3.8, 4) is 0 Å². The van der Waals surface area contributed by atoms with Crippen LogP contribution in [0.5, 0.6) is 0 Å². The lowest BCUT2D eigenvalue weighted by Crippen LogP contribution is -2.21. The Bertz CT molecular complexity index is 315. The molecule has 2 heterocycles. The molecule has 0 aliphatic carbocycles. The molecule has 0 bridgehead atoms. The van der Waals surface area contributed by atoms with Gasteiger partial charge in [0, 0.05) is 13.2 Å². The van der Waals surface area contributed by atoms with E-state index >= 15 is 0 Å². The molecule has 1 saturated heterocycles. The summed E-state index contributed by atoms with van der Waals surface area (Å²) in [6.45, 7) is 7.04. The molecular formula is C13H21NO2. The highest BCUT2D eigenvalue weighted by Crippen LogP contribution is 2.18. The van der Waals surface area contributed by atoms with Gasteiger partial charge in [0.2, 0.25) is 0 Å². The van der Waals surface area contributed by atoms with E-state index in [1.807, 2.05) is 19.1 Å². The van der Waals surface area contributed by atoms with Crippen LogP contribution in [-0.2, 0) is 4.74 Å². The van der Waals surface area contributed by atoms with Gasteiger partial charge in [-0.25, -0.2) is 0 Å². The zero-order valence-corrected chi connectivity index (χ0v) is 10.2. The largest absolute Gasteiger partial charge is 0.465 e. The van der Waals surface area contributed by atoms with Crippen molar-refractivity contribution < 1.29 is 9.15 Å². The molecule has 0 saturated carbocycles. The van der Waals surface area contributed by atoms with E-state index < -0.39 is 0 Å². The molecule has 3 nitrogen and oxygen atoms in total. The number of aryl methyl sites for hydroxylation is 1. The van der Waals surface area contributed by atoms with Crippen LogP contribution in [0, 0.1) is 12.8 Å². The normalized spacial score (nSPS) is 22.5. The van der Waals surface area contributed by atoms with E-state index in [2.05, 4.69) is 12.2 Å². The quantitative estimate of drug-likeness (QED) is 0.833. The summed E-state index contributed by atoms with van der Waals surface area (Å²) in [6.07, 6.45) is 2.42. The Morgan fingerprint density at radius 1 is 1.50 bits per heavy atom. The van der Waals surface area contributed by atoms with Crippen molar-refractivity contribution in [1.29, 1.82) is 0 Å². The lowest BCUT2D eigenvalue weighted by molar-refractivity contribution is 0.184. The monoisotopic (exact) mass is 223 g/mol. The average Bonchev–Trinajstić information content (AvgIpc) is 2.89. The first-order valence-corrected chi connectivity index (χ1v) is 6.13. The van der Waals surface area contributed by atoms with Gasteiger partial charge >= 0.3 is 0 Å². The van der Waals surface area contributed by atoms with Crippen molar-refractivity contribution in [2.24, 2.45) is 5.92 Å². The number of hydrogen-bond donors (Lipinski definition) is 1. The van der Waals surface area contributed by atoms with E-state index in [0.29, 0.717) is 6.04 Å². The maximum absolute atomic E-state index is 5.58. The molecule has 1 aliphatic rings. The number of furan rings is 1. The fraction of sp³-hybridized carbons (Fsp3) is 0.692. The minimum absolute atomic E-state index is 0.302. The highest BCUT2D eigenvalue weighted by molar-refractivity contribution is 5.08. The van der Waals surface area contributed by atoms with Gasteiger partial charge in [0.1, 0.15) is 11.5 Å². The third-order valence-corrected chi connectivity index (χ3v) is 3.22. The molecule has 0 radical (unpaired) electrons. The number of nitrogens with one attached hydrogen (secondary N) is 1. The first-order valence-electron chi connectivity index (χ1n) is 6.13. The van der Waals surface area contributed by atoms with Crippen LogP contribution >= 0.6 is 0 Å². The fourth-order valence-electron chi connectivity index (χ4n) is 2.10. The summed E-state index contributed by atoms with van der Waals surface area (Å²) in [5.41, 5.74) is 0. The Morgan fingerprint density at radius 3 is 3.00 bits per heavy atom. The summed E-state index contributed by atoms with van der Waals surface area (Å²) >= 11 is 0. The van der Waals surface area contributed by atoms with Gasteiger partial charge in [-0.05, 0) is 51.3 Å². The van der Waals surface area contributed by atoms with Gasteiger partial charge in [-0.1, -0.05) is 0 Å². The van der Waals surface area contributed by atoms with Crippen LogP contribution < -0.4 is 5.32 Å². The van der Waals surface area contributed by atoms with Crippen molar-refractivity contribution in [3.63, 3.8) is 0 Å². The molecule has 3 heteroatoms. The average molecular weight is 223 g/mol. The molecular weight excluding hydrogens is 202 g/mol. The lowest BCUT2D eigenvalue weighted by Gasteiger charge is -2.13. The molecule has 1 aliphatic heterocycles. The molecule has 0 aromatic carbocycles. The molecule has 2 unspecified atom stereocenters. The standard InChI is InChI=1S/C13H21NO2/c1-10-3-4-13(16-10)11(2)14-7-5-12-6-8-15-9-12/h3-4,11-12,14H,5-9H2,1-2H3. The smallest absolute Gasteiger partial charge is 0.120 e. The second-order valence-electron chi connectivity index (χ2n) is 4.64. The van der Waals surface area contributed by atoms with Crippen LogP contribution in [0.1, 0.15) is 37.3 Å². The molecule has 0 spiro atoms. The zero-order valence-electron chi connectivity index (χ0n) is 10.2. The molecule has 1 fully saturated rings. The summed E-state index contributed by atoms with van der Waals surface area (Å²) in [5.74, 6) is 2.76. The Balaban J connectivity index is 1.69. The molecule has 0 amide bonds. The Labute approximate surface area is 97.2 Å². The van der Waals surface area contributed by atoms with Gasteiger partial charge in [0.15, 0.2) is 0 Å². The van der Waals surface area contributed by atoms with Gasteiger partial charge in [-0.3, -0.25) is 0 Å². The Hall–Kier alpha value is -0.800.